The third kappa shape index (κ3) is 7.42. The largest absolute Gasteiger partial charge is 0.464 e. The van der Waals surface area contributed by atoms with Gasteiger partial charge in [-0.1, -0.05) is 55.3 Å². The van der Waals surface area contributed by atoms with Crippen LogP contribution in [0.4, 0.5) is 13.2 Å². The van der Waals surface area contributed by atoms with Crippen molar-refractivity contribution in [3.05, 3.63) is 117 Å². The zero-order valence-corrected chi connectivity index (χ0v) is 22.9. The lowest BCUT2D eigenvalue weighted by molar-refractivity contribution is -0.137. The summed E-state index contributed by atoms with van der Waals surface area (Å²) in [6.07, 6.45) is -1.82. The van der Waals surface area contributed by atoms with Gasteiger partial charge in [0, 0.05) is 18.7 Å². The van der Waals surface area contributed by atoms with Crippen LogP contribution in [0.2, 0.25) is 0 Å². The van der Waals surface area contributed by atoms with Crippen LogP contribution in [0.15, 0.2) is 88.3 Å². The second-order valence-corrected chi connectivity index (χ2v) is 9.98. The van der Waals surface area contributed by atoms with Gasteiger partial charge in [-0.3, -0.25) is 14.4 Å². The average Bonchev–Trinajstić information content (AvgIpc) is 2.96. The van der Waals surface area contributed by atoms with Gasteiger partial charge in [-0.05, 0) is 55.3 Å². The molecule has 0 saturated carbocycles. The molecule has 0 spiro atoms. The minimum atomic E-state index is -4.52. The molecule has 0 radical (unpaired) electrons. The molecule has 0 saturated heterocycles. The number of amides is 2. The molecule has 0 aliphatic carbocycles. The summed E-state index contributed by atoms with van der Waals surface area (Å²) in [5, 5.41) is 0.414. The predicted octanol–water partition coefficient (Wildman–Crippen LogP) is 6.59. The van der Waals surface area contributed by atoms with Gasteiger partial charge in [-0.2, -0.15) is 13.2 Å². The van der Waals surface area contributed by atoms with Gasteiger partial charge in [-0.15, -0.1) is 0 Å². The minimum absolute atomic E-state index is 0.0456. The summed E-state index contributed by atoms with van der Waals surface area (Å²) in [5.74, 6) is -0.949. The number of aryl methyl sites for hydroxylation is 1. The van der Waals surface area contributed by atoms with E-state index in [0.717, 1.165) is 41.8 Å². The summed E-state index contributed by atoms with van der Waals surface area (Å²) in [4.78, 5) is 43.2. The summed E-state index contributed by atoms with van der Waals surface area (Å²) >= 11 is 0. The highest BCUT2D eigenvalue weighted by atomic mass is 19.4. The average molecular weight is 565 g/mol. The van der Waals surface area contributed by atoms with Gasteiger partial charge in [0.15, 0.2) is 5.43 Å². The lowest BCUT2D eigenvalue weighted by atomic mass is 10.1. The van der Waals surface area contributed by atoms with Gasteiger partial charge in [0.1, 0.15) is 12.1 Å². The first-order chi connectivity index (χ1) is 19.6. The van der Waals surface area contributed by atoms with E-state index in [-0.39, 0.29) is 37.2 Å². The van der Waals surface area contributed by atoms with Crippen LogP contribution in [0, 0.1) is 6.92 Å². The summed E-state index contributed by atoms with van der Waals surface area (Å²) in [6, 6.07) is 18.5. The molecule has 214 valence electrons. The topological polar surface area (TPSA) is 70.8 Å². The van der Waals surface area contributed by atoms with Crippen molar-refractivity contribution in [3.8, 4) is 0 Å². The third-order valence-electron chi connectivity index (χ3n) is 6.78. The van der Waals surface area contributed by atoms with Crippen molar-refractivity contribution in [2.45, 2.75) is 46.0 Å². The maximum atomic E-state index is 13.7. The molecular weight excluding hydrogens is 533 g/mol. The molecule has 0 atom stereocenters. The predicted molar refractivity (Wildman–Crippen MR) is 150 cm³/mol. The van der Waals surface area contributed by atoms with Crippen LogP contribution in [-0.2, 0) is 24.1 Å². The Morgan fingerprint density at radius 1 is 0.902 bits per heavy atom. The fourth-order valence-corrected chi connectivity index (χ4v) is 4.48. The van der Waals surface area contributed by atoms with Crippen LogP contribution in [0.1, 0.15) is 52.4 Å². The van der Waals surface area contributed by atoms with Crippen molar-refractivity contribution in [1.29, 1.82) is 0 Å². The molecule has 3 aromatic carbocycles. The zero-order valence-electron chi connectivity index (χ0n) is 22.9. The third-order valence-corrected chi connectivity index (χ3v) is 6.78. The molecule has 9 heteroatoms. The van der Waals surface area contributed by atoms with Crippen LogP contribution in [-0.4, -0.2) is 34.7 Å². The van der Waals surface area contributed by atoms with E-state index < -0.39 is 23.6 Å². The second-order valence-electron chi connectivity index (χ2n) is 9.98. The van der Waals surface area contributed by atoms with Crippen LogP contribution in [0.5, 0.6) is 0 Å². The molecule has 1 heterocycles. The molecule has 2 amide bonds. The summed E-state index contributed by atoms with van der Waals surface area (Å²) < 4.78 is 44.8. The first kappa shape index (κ1) is 29.6. The van der Waals surface area contributed by atoms with Gasteiger partial charge in [0.25, 0.3) is 5.91 Å². The Morgan fingerprint density at radius 2 is 1.61 bits per heavy atom. The highest BCUT2D eigenvalue weighted by molar-refractivity contribution is 5.96. The Bertz CT molecular complexity index is 1560. The quantitative estimate of drug-likeness (QED) is 0.218. The Kier molecular flexibility index (Phi) is 9.27. The number of nitrogens with zero attached hydrogens (tertiary/aromatic N) is 2. The highest BCUT2D eigenvalue weighted by Gasteiger charge is 2.31. The number of rotatable bonds is 10. The monoisotopic (exact) mass is 564 g/mol. The minimum Gasteiger partial charge on any atom is -0.464 e. The van der Waals surface area contributed by atoms with Crippen LogP contribution < -0.4 is 5.43 Å². The van der Waals surface area contributed by atoms with Crippen molar-refractivity contribution in [2.75, 3.05) is 13.1 Å². The maximum absolute atomic E-state index is 13.7. The van der Waals surface area contributed by atoms with E-state index in [4.69, 9.17) is 4.42 Å². The lowest BCUT2D eigenvalue weighted by Crippen LogP contribution is -2.43. The van der Waals surface area contributed by atoms with E-state index in [0.29, 0.717) is 23.0 Å². The summed E-state index contributed by atoms with van der Waals surface area (Å²) in [6.45, 7) is 3.89. The van der Waals surface area contributed by atoms with Gasteiger partial charge >= 0.3 is 6.18 Å². The van der Waals surface area contributed by atoms with E-state index in [1.165, 1.54) is 16.1 Å². The molecule has 0 aliphatic heterocycles. The Hall–Kier alpha value is -4.40. The molecule has 0 bridgehead atoms. The number of alkyl halides is 3. The molecule has 0 fully saturated rings. The standard InChI is InChI=1S/C32H31F3N2O4/c1-3-4-16-36(31(40)24-11-13-26(14-12-24)32(33,34)35)20-29(38)37(18-23-8-6-5-7-9-23)19-25-21-41-28-15-10-22(2)17-27(28)30(25)39/h5-15,17,21H,3-4,16,18-20H2,1-2H3. The fourth-order valence-electron chi connectivity index (χ4n) is 4.48. The zero-order chi connectivity index (χ0) is 29.6. The molecule has 41 heavy (non-hydrogen) atoms. The number of carbonyl (C=O) groups excluding carboxylic acids is 2. The molecule has 4 aromatic rings. The molecule has 0 aliphatic rings. The van der Waals surface area contributed by atoms with E-state index in [1.807, 2.05) is 50.2 Å². The summed E-state index contributed by atoms with van der Waals surface area (Å²) in [5.41, 5.74) is 1.42. The Labute approximate surface area is 236 Å². The molecule has 0 unspecified atom stereocenters. The molecule has 4 rings (SSSR count). The maximum Gasteiger partial charge on any atom is 0.416 e. The molecule has 6 nitrogen and oxygen atoms in total. The van der Waals surface area contributed by atoms with E-state index in [2.05, 4.69) is 0 Å². The number of unbranched alkanes of at least 4 members (excludes halogenated alkanes) is 1. The number of benzene rings is 3. The normalized spacial score (nSPS) is 11.4. The van der Waals surface area contributed by atoms with Crippen LogP contribution >= 0.6 is 0 Å². The highest BCUT2D eigenvalue weighted by Crippen LogP contribution is 2.29. The first-order valence-electron chi connectivity index (χ1n) is 13.4. The van der Waals surface area contributed by atoms with E-state index in [1.54, 1.807) is 12.1 Å². The number of hydrogen-bond acceptors (Lipinski definition) is 4. The SMILES string of the molecule is CCCCN(CC(=O)N(Cc1ccccc1)Cc1coc2ccc(C)cc2c1=O)C(=O)c1ccc(C(F)(F)F)cc1. The fraction of sp³-hybridized carbons (Fsp3) is 0.281. The molecule has 1 aromatic heterocycles. The van der Waals surface area contributed by atoms with Crippen LogP contribution in [0.25, 0.3) is 11.0 Å². The molecular formula is C32H31F3N2O4. The van der Waals surface area contributed by atoms with Gasteiger partial charge in [-0.25, -0.2) is 0 Å². The Morgan fingerprint density at radius 3 is 2.27 bits per heavy atom. The number of fused-ring (bicyclic) bond motifs is 1. The lowest BCUT2D eigenvalue weighted by Gasteiger charge is -2.28. The van der Waals surface area contributed by atoms with Gasteiger partial charge in [0.05, 0.1) is 29.3 Å². The number of halogens is 3. The smallest absolute Gasteiger partial charge is 0.416 e. The first-order valence-corrected chi connectivity index (χ1v) is 13.4. The Balaban J connectivity index is 1.62. The number of hydrogen-bond donors (Lipinski definition) is 0. The van der Waals surface area contributed by atoms with E-state index in [9.17, 15) is 27.6 Å². The van der Waals surface area contributed by atoms with Crippen molar-refractivity contribution >= 4 is 22.8 Å². The van der Waals surface area contributed by atoms with E-state index >= 15 is 0 Å². The second kappa shape index (κ2) is 12.8. The van der Waals surface area contributed by atoms with Gasteiger partial charge in [0.2, 0.25) is 5.91 Å². The van der Waals surface area contributed by atoms with Crippen molar-refractivity contribution in [3.63, 3.8) is 0 Å². The summed E-state index contributed by atoms with van der Waals surface area (Å²) in [7, 11) is 0. The van der Waals surface area contributed by atoms with Crippen molar-refractivity contribution < 1.29 is 27.2 Å². The van der Waals surface area contributed by atoms with Crippen molar-refractivity contribution in [1.82, 2.24) is 9.80 Å². The van der Waals surface area contributed by atoms with Crippen LogP contribution in [0.3, 0.4) is 0 Å². The molecule has 0 N–H and O–H groups in total. The van der Waals surface area contributed by atoms with Gasteiger partial charge < -0.3 is 14.2 Å². The van der Waals surface area contributed by atoms with Crippen molar-refractivity contribution in [2.24, 2.45) is 0 Å². The number of carbonyl (C=O) groups is 2.